The summed E-state index contributed by atoms with van der Waals surface area (Å²) in [6.07, 6.45) is 6.19. The summed E-state index contributed by atoms with van der Waals surface area (Å²) in [5.41, 5.74) is 1.55. The van der Waals surface area contributed by atoms with Crippen molar-refractivity contribution >= 4 is 11.6 Å². The molecule has 0 saturated carbocycles. The first-order valence-corrected chi connectivity index (χ1v) is 6.31. The summed E-state index contributed by atoms with van der Waals surface area (Å²) >= 11 is 5.71. The topological polar surface area (TPSA) is 29.9 Å². The molecule has 4 heteroatoms. The maximum absolute atomic E-state index is 5.71. The van der Waals surface area contributed by atoms with Crippen LogP contribution in [0.2, 0.25) is 0 Å². The molecular formula is C12H22ClN3. The van der Waals surface area contributed by atoms with Crippen LogP contribution in [-0.4, -0.2) is 22.2 Å². The van der Waals surface area contributed by atoms with E-state index in [0.717, 1.165) is 31.8 Å². The van der Waals surface area contributed by atoms with Crippen molar-refractivity contribution < 1.29 is 0 Å². The molecule has 0 amide bonds. The molecule has 1 aromatic rings. The van der Waals surface area contributed by atoms with Gasteiger partial charge in [-0.2, -0.15) is 5.10 Å². The lowest BCUT2D eigenvalue weighted by Gasteiger charge is -2.24. The third kappa shape index (κ3) is 4.99. The smallest absolute Gasteiger partial charge is 0.0534 e. The van der Waals surface area contributed by atoms with Gasteiger partial charge in [0.2, 0.25) is 0 Å². The highest BCUT2D eigenvalue weighted by Crippen LogP contribution is 2.21. The average Bonchev–Trinajstić information content (AvgIpc) is 2.61. The number of rotatable bonds is 7. The van der Waals surface area contributed by atoms with E-state index in [1.165, 1.54) is 5.56 Å². The minimum Gasteiger partial charge on any atom is -0.312 e. The zero-order valence-electron chi connectivity index (χ0n) is 10.5. The molecule has 0 fully saturated rings. The Kier molecular flexibility index (Phi) is 5.29. The Morgan fingerprint density at radius 3 is 2.81 bits per heavy atom. The van der Waals surface area contributed by atoms with Crippen LogP contribution in [0, 0.1) is 5.41 Å². The normalized spacial score (nSPS) is 12.0. The van der Waals surface area contributed by atoms with E-state index < -0.39 is 0 Å². The van der Waals surface area contributed by atoms with Gasteiger partial charge in [-0.25, -0.2) is 0 Å². The molecule has 0 aliphatic carbocycles. The van der Waals surface area contributed by atoms with Gasteiger partial charge in [0.25, 0.3) is 0 Å². The Morgan fingerprint density at radius 2 is 2.25 bits per heavy atom. The van der Waals surface area contributed by atoms with Crippen LogP contribution in [0.4, 0.5) is 0 Å². The first kappa shape index (κ1) is 13.5. The quantitative estimate of drug-likeness (QED) is 0.746. The van der Waals surface area contributed by atoms with Gasteiger partial charge in [-0.1, -0.05) is 13.8 Å². The molecule has 16 heavy (non-hydrogen) atoms. The molecule has 0 saturated heterocycles. The number of alkyl halides is 1. The second-order valence-electron chi connectivity index (χ2n) is 5.08. The van der Waals surface area contributed by atoms with Crippen molar-refractivity contribution in [3.8, 4) is 0 Å². The highest BCUT2D eigenvalue weighted by molar-refractivity contribution is 6.17. The van der Waals surface area contributed by atoms with Crippen LogP contribution < -0.4 is 5.32 Å². The monoisotopic (exact) mass is 243 g/mol. The lowest BCUT2D eigenvalue weighted by Crippen LogP contribution is -2.29. The summed E-state index contributed by atoms with van der Waals surface area (Å²) in [7, 11) is 1.94. The number of nitrogens with zero attached hydrogens (tertiary/aromatic N) is 2. The standard InChI is InChI=1S/C12H22ClN3/c1-12(2,5-4-6-13)10-14-7-11-8-15-16(3)9-11/h8-9,14H,4-7,10H2,1-3H3. The molecule has 0 aliphatic rings. The number of halogens is 1. The van der Waals surface area contributed by atoms with Crippen LogP contribution in [0.3, 0.4) is 0 Å². The number of hydrogen-bond acceptors (Lipinski definition) is 2. The second-order valence-corrected chi connectivity index (χ2v) is 5.46. The van der Waals surface area contributed by atoms with Crippen molar-refractivity contribution in [1.29, 1.82) is 0 Å². The van der Waals surface area contributed by atoms with E-state index in [0.29, 0.717) is 5.41 Å². The molecule has 1 aromatic heterocycles. The van der Waals surface area contributed by atoms with E-state index in [1.807, 2.05) is 24.1 Å². The molecule has 3 nitrogen and oxygen atoms in total. The van der Waals surface area contributed by atoms with E-state index >= 15 is 0 Å². The molecule has 1 N–H and O–H groups in total. The summed E-state index contributed by atoms with van der Waals surface area (Å²) < 4.78 is 1.83. The Balaban J connectivity index is 2.24. The van der Waals surface area contributed by atoms with Crippen LogP contribution in [-0.2, 0) is 13.6 Å². The Labute approximate surface area is 103 Å². The Morgan fingerprint density at radius 1 is 1.50 bits per heavy atom. The molecule has 0 spiro atoms. The fourth-order valence-corrected chi connectivity index (χ4v) is 1.88. The molecule has 1 rings (SSSR count). The summed E-state index contributed by atoms with van der Waals surface area (Å²) in [5, 5.41) is 7.61. The molecule has 0 unspecified atom stereocenters. The Bertz CT molecular complexity index is 307. The van der Waals surface area contributed by atoms with Gasteiger partial charge >= 0.3 is 0 Å². The number of nitrogens with one attached hydrogen (secondary N) is 1. The molecule has 1 heterocycles. The lowest BCUT2D eigenvalue weighted by molar-refractivity contribution is 0.311. The van der Waals surface area contributed by atoms with Crippen molar-refractivity contribution in [3.63, 3.8) is 0 Å². The molecule has 0 radical (unpaired) electrons. The largest absolute Gasteiger partial charge is 0.312 e. The van der Waals surface area contributed by atoms with Gasteiger partial charge in [-0.05, 0) is 18.3 Å². The van der Waals surface area contributed by atoms with Crippen LogP contribution in [0.25, 0.3) is 0 Å². The van der Waals surface area contributed by atoms with Crippen LogP contribution in [0.5, 0.6) is 0 Å². The van der Waals surface area contributed by atoms with E-state index in [-0.39, 0.29) is 0 Å². The Hall–Kier alpha value is -0.540. The fraction of sp³-hybridized carbons (Fsp3) is 0.750. The van der Waals surface area contributed by atoms with Crippen molar-refractivity contribution in [1.82, 2.24) is 15.1 Å². The summed E-state index contributed by atoms with van der Waals surface area (Å²) in [4.78, 5) is 0. The van der Waals surface area contributed by atoms with E-state index in [2.05, 4.69) is 24.3 Å². The van der Waals surface area contributed by atoms with Crippen LogP contribution in [0.15, 0.2) is 12.4 Å². The fourth-order valence-electron chi connectivity index (χ4n) is 1.74. The second kappa shape index (κ2) is 6.26. The first-order valence-electron chi connectivity index (χ1n) is 5.78. The highest BCUT2D eigenvalue weighted by Gasteiger charge is 2.16. The SMILES string of the molecule is Cn1cc(CNCC(C)(C)CCCCl)cn1. The van der Waals surface area contributed by atoms with E-state index in [1.54, 1.807) is 0 Å². The number of aromatic nitrogens is 2. The highest BCUT2D eigenvalue weighted by atomic mass is 35.5. The molecule has 0 aliphatic heterocycles. The zero-order valence-corrected chi connectivity index (χ0v) is 11.2. The minimum absolute atomic E-state index is 0.317. The first-order chi connectivity index (χ1) is 7.53. The van der Waals surface area contributed by atoms with Gasteiger partial charge in [0.1, 0.15) is 0 Å². The molecule has 0 aromatic carbocycles. The van der Waals surface area contributed by atoms with Crippen molar-refractivity contribution in [2.75, 3.05) is 12.4 Å². The van der Waals surface area contributed by atoms with Gasteiger partial charge < -0.3 is 5.32 Å². The summed E-state index contributed by atoms with van der Waals surface area (Å²) in [6.45, 7) is 6.45. The zero-order chi connectivity index (χ0) is 12.0. The van der Waals surface area contributed by atoms with Crippen molar-refractivity contribution in [2.45, 2.75) is 33.2 Å². The summed E-state index contributed by atoms with van der Waals surface area (Å²) in [6, 6.07) is 0. The molecular weight excluding hydrogens is 222 g/mol. The number of aryl methyl sites for hydroxylation is 1. The third-order valence-electron chi connectivity index (χ3n) is 2.68. The lowest BCUT2D eigenvalue weighted by atomic mass is 9.88. The van der Waals surface area contributed by atoms with E-state index in [9.17, 15) is 0 Å². The van der Waals surface area contributed by atoms with Crippen molar-refractivity contribution in [2.24, 2.45) is 12.5 Å². The van der Waals surface area contributed by atoms with Gasteiger partial charge in [0, 0.05) is 37.8 Å². The third-order valence-corrected chi connectivity index (χ3v) is 2.95. The van der Waals surface area contributed by atoms with Gasteiger partial charge in [0.05, 0.1) is 6.20 Å². The minimum atomic E-state index is 0.317. The summed E-state index contributed by atoms with van der Waals surface area (Å²) in [5.74, 6) is 0.756. The van der Waals surface area contributed by atoms with Crippen LogP contribution >= 0.6 is 11.6 Å². The van der Waals surface area contributed by atoms with Gasteiger partial charge in [-0.15, -0.1) is 11.6 Å². The predicted octanol–water partition coefficient (Wildman–Crippen LogP) is 2.55. The van der Waals surface area contributed by atoms with E-state index in [4.69, 9.17) is 11.6 Å². The van der Waals surface area contributed by atoms with Gasteiger partial charge in [-0.3, -0.25) is 4.68 Å². The van der Waals surface area contributed by atoms with Crippen molar-refractivity contribution in [3.05, 3.63) is 18.0 Å². The predicted molar refractivity (Wildman–Crippen MR) is 68.6 cm³/mol. The van der Waals surface area contributed by atoms with Crippen LogP contribution in [0.1, 0.15) is 32.3 Å². The average molecular weight is 244 g/mol. The maximum Gasteiger partial charge on any atom is 0.0534 e. The molecule has 0 atom stereocenters. The maximum atomic E-state index is 5.71. The molecule has 0 bridgehead atoms. The van der Waals surface area contributed by atoms with Gasteiger partial charge in [0.15, 0.2) is 0 Å². The number of hydrogen-bond donors (Lipinski definition) is 1. The molecule has 92 valence electrons.